The van der Waals surface area contributed by atoms with E-state index in [9.17, 15) is 9.59 Å². The summed E-state index contributed by atoms with van der Waals surface area (Å²) >= 11 is 0. The van der Waals surface area contributed by atoms with Gasteiger partial charge >= 0.3 is 11.2 Å². The first kappa shape index (κ1) is 9.70. The average molecular weight is 209 g/mol. The van der Waals surface area contributed by atoms with Crippen molar-refractivity contribution in [3.05, 3.63) is 27.2 Å². The topological polar surface area (TPSA) is 52.8 Å². The van der Waals surface area contributed by atoms with Gasteiger partial charge in [-0.1, -0.05) is 0 Å². The van der Waals surface area contributed by atoms with Crippen molar-refractivity contribution in [2.45, 2.75) is 0 Å². The van der Waals surface area contributed by atoms with Gasteiger partial charge in [-0.25, -0.2) is 18.5 Å². The molecule has 0 aliphatic heterocycles. The molecule has 6 heteroatoms. The highest BCUT2D eigenvalue weighted by Gasteiger charge is 2.20. The molecule has 2 heterocycles. The molecule has 15 heavy (non-hydrogen) atoms. The molecule has 0 atom stereocenters. The number of fused-ring (bicyclic) bond motifs is 1. The minimum absolute atomic E-state index is 0.267. The Bertz CT molecular complexity index is 659. The Balaban J connectivity index is 3.26. The van der Waals surface area contributed by atoms with Crippen LogP contribution in [0.2, 0.25) is 0 Å². The summed E-state index contributed by atoms with van der Waals surface area (Å²) in [6.45, 7) is 0. The summed E-state index contributed by atoms with van der Waals surface area (Å²) in [4.78, 5) is 23.5. The predicted molar refractivity (Wildman–Crippen MR) is 54.6 cm³/mol. The molecule has 0 aliphatic rings. The van der Waals surface area contributed by atoms with Gasteiger partial charge in [-0.05, 0) is 0 Å². The Labute approximate surface area is 85.6 Å². The zero-order chi connectivity index (χ0) is 11.3. The van der Waals surface area contributed by atoms with Crippen LogP contribution in [-0.4, -0.2) is 13.7 Å². The van der Waals surface area contributed by atoms with Crippen LogP contribution in [0.15, 0.2) is 15.9 Å². The number of hydrogen-bond acceptors (Lipinski definition) is 2. The van der Waals surface area contributed by atoms with Gasteiger partial charge in [-0.15, -0.1) is 0 Å². The third-order valence-electron chi connectivity index (χ3n) is 2.64. The van der Waals surface area contributed by atoms with Crippen LogP contribution in [0.5, 0.6) is 0 Å². The monoisotopic (exact) mass is 209 g/mol. The van der Waals surface area contributed by atoms with Gasteiger partial charge in [0, 0.05) is 7.05 Å². The Hall–Kier alpha value is -1.85. The van der Waals surface area contributed by atoms with Crippen LogP contribution in [0.25, 0.3) is 11.2 Å². The van der Waals surface area contributed by atoms with E-state index in [-0.39, 0.29) is 11.2 Å². The van der Waals surface area contributed by atoms with Crippen molar-refractivity contribution in [2.75, 3.05) is 0 Å². The van der Waals surface area contributed by atoms with E-state index in [4.69, 9.17) is 0 Å². The molecule has 0 saturated carbocycles. The highest BCUT2D eigenvalue weighted by Crippen LogP contribution is 1.99. The summed E-state index contributed by atoms with van der Waals surface area (Å²) in [5, 5.41) is 0. The second kappa shape index (κ2) is 2.82. The van der Waals surface area contributed by atoms with Crippen molar-refractivity contribution in [3.8, 4) is 0 Å². The highest BCUT2D eigenvalue weighted by molar-refractivity contribution is 5.66. The van der Waals surface area contributed by atoms with Gasteiger partial charge in [-0.3, -0.25) is 9.36 Å². The van der Waals surface area contributed by atoms with E-state index in [2.05, 4.69) is 0 Å². The predicted octanol–water partition coefficient (Wildman–Crippen LogP) is -1.60. The lowest BCUT2D eigenvalue weighted by Gasteiger charge is -1.98. The summed E-state index contributed by atoms with van der Waals surface area (Å²) in [5.74, 6) is 0. The normalized spacial score (nSPS) is 11.2. The van der Waals surface area contributed by atoms with E-state index in [1.807, 2.05) is 0 Å². The molecule has 0 fully saturated rings. The molecule has 0 spiro atoms. The number of hydrogen-bond donors (Lipinski definition) is 0. The van der Waals surface area contributed by atoms with Gasteiger partial charge in [-0.2, -0.15) is 0 Å². The van der Waals surface area contributed by atoms with E-state index in [0.29, 0.717) is 11.2 Å². The highest BCUT2D eigenvalue weighted by atomic mass is 16.2. The molecule has 6 nitrogen and oxygen atoms in total. The molecule has 0 amide bonds. The zero-order valence-electron chi connectivity index (χ0n) is 9.18. The lowest BCUT2D eigenvalue weighted by molar-refractivity contribution is -0.648. The van der Waals surface area contributed by atoms with E-state index < -0.39 is 0 Å². The Kier molecular flexibility index (Phi) is 1.82. The van der Waals surface area contributed by atoms with Crippen LogP contribution in [0.1, 0.15) is 0 Å². The maximum absolute atomic E-state index is 11.9. The summed E-state index contributed by atoms with van der Waals surface area (Å²) < 4.78 is 6.06. The lowest BCUT2D eigenvalue weighted by atomic mass is 10.5. The van der Waals surface area contributed by atoms with Gasteiger partial charge in [0.1, 0.15) is 0 Å². The number of rotatable bonds is 0. The molecule has 0 aliphatic carbocycles. The lowest BCUT2D eigenvalue weighted by Crippen LogP contribution is -2.41. The minimum Gasteiger partial charge on any atom is -0.265 e. The van der Waals surface area contributed by atoms with Gasteiger partial charge in [0.25, 0.3) is 5.65 Å². The molecule has 0 bridgehead atoms. The van der Waals surface area contributed by atoms with Crippen LogP contribution < -0.4 is 15.8 Å². The molecule has 0 saturated heterocycles. The molecule has 2 aromatic heterocycles. The van der Waals surface area contributed by atoms with E-state index in [0.717, 1.165) is 4.57 Å². The van der Waals surface area contributed by atoms with E-state index in [1.165, 1.54) is 11.6 Å². The third-order valence-corrected chi connectivity index (χ3v) is 2.64. The maximum atomic E-state index is 11.9. The molecular formula is C9H13N4O2+. The van der Waals surface area contributed by atoms with Gasteiger partial charge in [0.05, 0.1) is 21.1 Å². The molecular weight excluding hydrogens is 196 g/mol. The van der Waals surface area contributed by atoms with Crippen LogP contribution in [0, 0.1) is 0 Å². The fourth-order valence-electron chi connectivity index (χ4n) is 1.90. The Morgan fingerprint density at radius 1 is 1.13 bits per heavy atom. The smallest absolute Gasteiger partial charge is 0.265 e. The molecule has 0 aromatic carbocycles. The third kappa shape index (κ3) is 1.07. The summed E-state index contributed by atoms with van der Waals surface area (Å²) in [7, 11) is 6.73. The first-order chi connectivity index (χ1) is 6.95. The van der Waals surface area contributed by atoms with Crippen molar-refractivity contribution < 1.29 is 4.57 Å². The minimum atomic E-state index is -0.311. The van der Waals surface area contributed by atoms with Crippen LogP contribution in [0.4, 0.5) is 0 Å². The summed E-state index contributed by atoms with van der Waals surface area (Å²) in [6.07, 6.45) is 1.77. The SMILES string of the molecule is Cn1c(=O)c2c(n(C)c1=O)[n+](C)cn2C. The maximum Gasteiger partial charge on any atom is 0.388 e. The first-order valence-electron chi connectivity index (χ1n) is 4.56. The van der Waals surface area contributed by atoms with Crippen molar-refractivity contribution in [1.82, 2.24) is 13.7 Å². The fraction of sp³-hybridized carbons (Fsp3) is 0.444. The number of nitrogens with zero attached hydrogens (tertiary/aromatic N) is 4. The quantitative estimate of drug-likeness (QED) is 0.491. The molecule has 2 rings (SSSR count). The standard InChI is InChI=1S/C9H13N4O2/c1-10-5-11(2)7-6(10)8(14)13(4)9(15)12(7)3/h5H,1-4H3/q+1. The van der Waals surface area contributed by atoms with E-state index >= 15 is 0 Å². The zero-order valence-corrected chi connectivity index (χ0v) is 9.18. The fourth-order valence-corrected chi connectivity index (χ4v) is 1.90. The molecule has 0 radical (unpaired) electrons. The number of aryl methyl sites for hydroxylation is 3. The van der Waals surface area contributed by atoms with Crippen molar-refractivity contribution in [3.63, 3.8) is 0 Å². The van der Waals surface area contributed by atoms with E-state index in [1.54, 1.807) is 36.6 Å². The van der Waals surface area contributed by atoms with Crippen molar-refractivity contribution in [1.29, 1.82) is 0 Å². The van der Waals surface area contributed by atoms with Crippen molar-refractivity contribution in [2.24, 2.45) is 28.2 Å². The van der Waals surface area contributed by atoms with Gasteiger partial charge < -0.3 is 0 Å². The van der Waals surface area contributed by atoms with Gasteiger partial charge in [0.2, 0.25) is 5.52 Å². The number of aromatic nitrogens is 4. The van der Waals surface area contributed by atoms with Crippen LogP contribution in [-0.2, 0) is 28.2 Å². The second-order valence-corrected chi connectivity index (χ2v) is 3.72. The summed E-state index contributed by atoms with van der Waals surface area (Å²) in [6, 6.07) is 0. The molecule has 2 aromatic rings. The van der Waals surface area contributed by atoms with Crippen LogP contribution >= 0.6 is 0 Å². The Morgan fingerprint density at radius 2 is 1.73 bits per heavy atom. The average Bonchev–Trinajstić information content (AvgIpc) is 2.47. The summed E-state index contributed by atoms with van der Waals surface area (Å²) in [5.41, 5.74) is 0.582. The van der Waals surface area contributed by atoms with Crippen molar-refractivity contribution >= 4 is 11.2 Å². The molecule has 0 unspecified atom stereocenters. The molecule has 0 N–H and O–H groups in total. The number of imidazole rings is 1. The first-order valence-corrected chi connectivity index (χ1v) is 4.56. The second-order valence-electron chi connectivity index (χ2n) is 3.72. The Morgan fingerprint density at radius 3 is 2.33 bits per heavy atom. The molecule has 80 valence electrons. The largest absolute Gasteiger partial charge is 0.388 e. The van der Waals surface area contributed by atoms with Gasteiger partial charge in [0.15, 0.2) is 6.33 Å². The van der Waals surface area contributed by atoms with Crippen LogP contribution in [0.3, 0.4) is 0 Å².